The summed E-state index contributed by atoms with van der Waals surface area (Å²) in [6.45, 7) is 0. The Labute approximate surface area is 191 Å². The number of hydrogen-bond donors (Lipinski definition) is 2. The van der Waals surface area contributed by atoms with Crippen LogP contribution in [0.25, 0.3) is 0 Å². The van der Waals surface area contributed by atoms with Crippen LogP contribution in [0.4, 0.5) is 5.69 Å². The largest absolute Gasteiger partial charge is 0.423 e. The number of carbonyl (C=O) groups excluding carboxylic acids is 3. The van der Waals surface area contributed by atoms with Gasteiger partial charge in [-0.15, -0.1) is 0 Å². The predicted octanol–water partition coefficient (Wildman–Crippen LogP) is 4.41. The predicted molar refractivity (Wildman–Crippen MR) is 121 cm³/mol. The molecule has 0 bridgehead atoms. The van der Waals surface area contributed by atoms with Gasteiger partial charge in [-0.25, -0.2) is 10.2 Å². The number of rotatable bonds is 5. The van der Waals surface area contributed by atoms with Gasteiger partial charge in [-0.2, -0.15) is 5.10 Å². The maximum absolute atomic E-state index is 12.2. The topological polar surface area (TPSA) is 96.9 Å². The van der Waals surface area contributed by atoms with Gasteiger partial charge in [0.25, 0.3) is 0 Å². The van der Waals surface area contributed by atoms with Gasteiger partial charge >= 0.3 is 17.8 Å². The van der Waals surface area contributed by atoms with Crippen LogP contribution in [0.3, 0.4) is 0 Å². The first-order valence-corrected chi connectivity index (χ1v) is 10.1. The first kappa shape index (κ1) is 22.2. The van der Waals surface area contributed by atoms with E-state index in [1.807, 2.05) is 0 Å². The van der Waals surface area contributed by atoms with Gasteiger partial charge in [0.05, 0.1) is 11.8 Å². The summed E-state index contributed by atoms with van der Waals surface area (Å²) in [4.78, 5) is 35.9. The van der Waals surface area contributed by atoms with Crippen molar-refractivity contribution in [3.63, 3.8) is 0 Å². The third kappa shape index (κ3) is 6.50. The Kier molecular flexibility index (Phi) is 7.53. The van der Waals surface area contributed by atoms with Crippen molar-refractivity contribution in [1.29, 1.82) is 0 Å². The summed E-state index contributed by atoms with van der Waals surface area (Å²) in [5.74, 6) is -1.93. The minimum Gasteiger partial charge on any atom is -0.423 e. The summed E-state index contributed by atoms with van der Waals surface area (Å²) in [5, 5.41) is 6.69. The highest BCUT2D eigenvalue weighted by atomic mass is 79.9. The fourth-order valence-electron chi connectivity index (χ4n) is 2.35. The first-order valence-electron chi connectivity index (χ1n) is 8.89. The number of hydrazone groups is 1. The molecular weight excluding hydrogens is 486 g/mol. The zero-order valence-electron chi connectivity index (χ0n) is 15.8. The van der Waals surface area contributed by atoms with Gasteiger partial charge in [-0.1, -0.05) is 23.7 Å². The molecule has 3 aromatic rings. The van der Waals surface area contributed by atoms with Crippen molar-refractivity contribution >= 4 is 57.2 Å². The van der Waals surface area contributed by atoms with E-state index in [0.29, 0.717) is 32.1 Å². The van der Waals surface area contributed by atoms with Gasteiger partial charge < -0.3 is 10.1 Å². The van der Waals surface area contributed by atoms with Gasteiger partial charge in [0, 0.05) is 15.2 Å². The fourth-order valence-corrected chi connectivity index (χ4v) is 2.92. The molecule has 0 fully saturated rings. The van der Waals surface area contributed by atoms with Crippen LogP contribution < -0.4 is 15.5 Å². The van der Waals surface area contributed by atoms with E-state index < -0.39 is 17.8 Å². The average Bonchev–Trinajstić information content (AvgIpc) is 2.76. The molecule has 0 heterocycles. The Balaban J connectivity index is 1.51. The molecule has 0 saturated carbocycles. The van der Waals surface area contributed by atoms with E-state index in [0.717, 1.165) is 0 Å². The molecule has 3 rings (SSSR count). The lowest BCUT2D eigenvalue weighted by Gasteiger charge is -2.06. The Morgan fingerprint density at radius 2 is 1.58 bits per heavy atom. The second-order valence-corrected chi connectivity index (χ2v) is 7.39. The molecule has 31 heavy (non-hydrogen) atoms. The Hall–Kier alpha value is -3.49. The van der Waals surface area contributed by atoms with Crippen molar-refractivity contribution in [3.8, 4) is 5.75 Å². The quantitative estimate of drug-likeness (QED) is 0.178. The second-order valence-electron chi connectivity index (χ2n) is 6.10. The zero-order valence-corrected chi connectivity index (χ0v) is 18.2. The number of halogens is 2. The van der Waals surface area contributed by atoms with Gasteiger partial charge in [-0.05, 0) is 82.2 Å². The summed E-state index contributed by atoms with van der Waals surface area (Å²) in [6.07, 6.45) is 1.35. The van der Waals surface area contributed by atoms with Crippen LogP contribution in [0.2, 0.25) is 5.02 Å². The molecule has 7 nitrogen and oxygen atoms in total. The van der Waals surface area contributed by atoms with Gasteiger partial charge in [0.1, 0.15) is 5.75 Å². The van der Waals surface area contributed by atoms with Crippen LogP contribution in [0.5, 0.6) is 5.75 Å². The molecule has 0 atom stereocenters. The number of hydrogen-bond acceptors (Lipinski definition) is 5. The van der Waals surface area contributed by atoms with E-state index in [1.54, 1.807) is 72.8 Å². The summed E-state index contributed by atoms with van der Waals surface area (Å²) < 4.78 is 5.97. The number of anilines is 1. The number of amides is 2. The third-order valence-electron chi connectivity index (χ3n) is 3.87. The van der Waals surface area contributed by atoms with Gasteiger partial charge in [-0.3, -0.25) is 9.59 Å². The monoisotopic (exact) mass is 499 g/mol. The smallest absolute Gasteiger partial charge is 0.344 e. The van der Waals surface area contributed by atoms with Gasteiger partial charge in [0.2, 0.25) is 0 Å². The van der Waals surface area contributed by atoms with Crippen LogP contribution in [0.1, 0.15) is 15.9 Å². The molecule has 0 radical (unpaired) electrons. The number of benzene rings is 3. The summed E-state index contributed by atoms with van der Waals surface area (Å²) in [7, 11) is 0. The van der Waals surface area contributed by atoms with Gasteiger partial charge in [0.15, 0.2) is 0 Å². The lowest BCUT2D eigenvalue weighted by molar-refractivity contribution is -0.136. The Bertz CT molecular complexity index is 1130. The number of carbonyl (C=O) groups is 3. The molecule has 2 amide bonds. The highest BCUT2D eigenvalue weighted by Gasteiger charge is 2.13. The van der Waals surface area contributed by atoms with Crippen molar-refractivity contribution in [2.45, 2.75) is 0 Å². The summed E-state index contributed by atoms with van der Waals surface area (Å²) in [6, 6.07) is 19.7. The molecule has 3 aromatic carbocycles. The van der Waals surface area contributed by atoms with Crippen molar-refractivity contribution in [3.05, 3.63) is 93.4 Å². The van der Waals surface area contributed by atoms with Crippen LogP contribution in [0, 0.1) is 0 Å². The van der Waals surface area contributed by atoms with Crippen molar-refractivity contribution in [1.82, 2.24) is 5.43 Å². The van der Waals surface area contributed by atoms with Crippen LogP contribution >= 0.6 is 27.5 Å². The minimum atomic E-state index is -0.926. The Morgan fingerprint density at radius 1 is 0.903 bits per heavy atom. The molecule has 0 aromatic heterocycles. The van der Waals surface area contributed by atoms with E-state index in [4.69, 9.17) is 16.3 Å². The van der Waals surface area contributed by atoms with Crippen LogP contribution in [-0.4, -0.2) is 24.0 Å². The molecule has 156 valence electrons. The number of nitrogens with zero attached hydrogens (tertiary/aromatic N) is 1. The second kappa shape index (κ2) is 10.5. The highest BCUT2D eigenvalue weighted by Crippen LogP contribution is 2.19. The first-order chi connectivity index (χ1) is 14.9. The number of ether oxygens (including phenoxy) is 1. The lowest BCUT2D eigenvalue weighted by atomic mass is 10.2. The SMILES string of the molecule is O=C(N/N=C\c1ccc(OC(=O)c2ccccc2Br)cc1)C(=O)Nc1ccc(Cl)cc1. The number of esters is 1. The summed E-state index contributed by atoms with van der Waals surface area (Å²) >= 11 is 9.08. The van der Waals surface area contributed by atoms with Crippen LogP contribution in [0.15, 0.2) is 82.4 Å². The van der Waals surface area contributed by atoms with Crippen molar-refractivity contribution in [2.24, 2.45) is 5.10 Å². The van der Waals surface area contributed by atoms with E-state index in [2.05, 4.69) is 31.8 Å². The molecule has 0 aliphatic rings. The third-order valence-corrected chi connectivity index (χ3v) is 4.82. The Morgan fingerprint density at radius 3 is 2.26 bits per heavy atom. The molecule has 0 aliphatic carbocycles. The summed E-state index contributed by atoms with van der Waals surface area (Å²) in [5.41, 5.74) is 3.60. The van der Waals surface area contributed by atoms with E-state index in [-0.39, 0.29) is 0 Å². The van der Waals surface area contributed by atoms with Crippen molar-refractivity contribution in [2.75, 3.05) is 5.32 Å². The molecule has 0 unspecified atom stereocenters. The van der Waals surface area contributed by atoms with E-state index in [1.165, 1.54) is 6.21 Å². The maximum atomic E-state index is 12.2. The van der Waals surface area contributed by atoms with E-state index >= 15 is 0 Å². The molecular formula is C22H15BrClN3O4. The molecule has 0 aliphatic heterocycles. The van der Waals surface area contributed by atoms with E-state index in [9.17, 15) is 14.4 Å². The number of nitrogens with one attached hydrogen (secondary N) is 2. The minimum absolute atomic E-state index is 0.351. The zero-order chi connectivity index (χ0) is 22.2. The fraction of sp³-hybridized carbons (Fsp3) is 0. The normalized spacial score (nSPS) is 10.5. The molecule has 9 heteroatoms. The van der Waals surface area contributed by atoms with Crippen LogP contribution in [-0.2, 0) is 9.59 Å². The lowest BCUT2D eigenvalue weighted by Crippen LogP contribution is -2.32. The molecule has 0 saturated heterocycles. The molecule has 2 N–H and O–H groups in total. The highest BCUT2D eigenvalue weighted by molar-refractivity contribution is 9.10. The van der Waals surface area contributed by atoms with Crippen molar-refractivity contribution < 1.29 is 19.1 Å². The maximum Gasteiger partial charge on any atom is 0.344 e. The standard InChI is InChI=1S/C22H15BrClN3O4/c23-19-4-2-1-3-18(19)22(30)31-17-11-5-14(6-12-17)13-25-27-21(29)20(28)26-16-9-7-15(24)8-10-16/h1-13H,(H,26,28)(H,27,29)/b25-13-. The average molecular weight is 501 g/mol. The molecule has 0 spiro atoms.